The monoisotopic (exact) mass is 438 g/mol. The van der Waals surface area contributed by atoms with Crippen molar-refractivity contribution in [3.63, 3.8) is 0 Å². The molecule has 0 unspecified atom stereocenters. The second-order valence-electron chi connectivity index (χ2n) is 6.64. The standard InChI is InChI=1S/C23H19FN2O2S2/c1-15-3-2-4-19(13-15)28-11-12-29-23-26-20-10-9-18(14-21(20)30-23)25-22(27)16-5-7-17(24)8-6-16/h2-10,13-14H,11-12H2,1H3,(H,25,27). The Balaban J connectivity index is 1.35. The molecule has 0 atom stereocenters. The third-order valence-corrected chi connectivity index (χ3v) is 6.43. The summed E-state index contributed by atoms with van der Waals surface area (Å²) in [6, 6.07) is 19.1. The Morgan fingerprint density at radius 2 is 1.97 bits per heavy atom. The van der Waals surface area contributed by atoms with Gasteiger partial charge in [-0.2, -0.15) is 0 Å². The van der Waals surface area contributed by atoms with E-state index in [9.17, 15) is 9.18 Å². The van der Waals surface area contributed by atoms with Crippen LogP contribution in [0.3, 0.4) is 0 Å². The first kappa shape index (κ1) is 20.4. The number of aromatic nitrogens is 1. The summed E-state index contributed by atoms with van der Waals surface area (Å²) in [4.78, 5) is 16.9. The second kappa shape index (κ2) is 9.28. The van der Waals surface area contributed by atoms with Gasteiger partial charge in [0.05, 0.1) is 16.8 Å². The van der Waals surface area contributed by atoms with Crippen LogP contribution >= 0.6 is 23.1 Å². The highest BCUT2D eigenvalue weighted by molar-refractivity contribution is 8.01. The van der Waals surface area contributed by atoms with Gasteiger partial charge in [0.1, 0.15) is 11.6 Å². The molecule has 4 rings (SSSR count). The van der Waals surface area contributed by atoms with E-state index in [1.165, 1.54) is 29.8 Å². The smallest absolute Gasteiger partial charge is 0.255 e. The molecule has 1 aromatic heterocycles. The Bertz CT molecular complexity index is 1180. The number of hydrogen-bond donors (Lipinski definition) is 1. The predicted molar refractivity (Wildman–Crippen MR) is 121 cm³/mol. The van der Waals surface area contributed by atoms with Crippen molar-refractivity contribution in [1.29, 1.82) is 0 Å². The van der Waals surface area contributed by atoms with Crippen molar-refractivity contribution >= 4 is 44.9 Å². The molecule has 0 aliphatic carbocycles. The molecule has 0 radical (unpaired) electrons. The fourth-order valence-electron chi connectivity index (χ4n) is 2.84. The maximum absolute atomic E-state index is 13.0. The molecule has 7 heteroatoms. The van der Waals surface area contributed by atoms with Gasteiger partial charge in [-0.15, -0.1) is 11.3 Å². The van der Waals surface area contributed by atoms with E-state index in [2.05, 4.69) is 10.3 Å². The Hall–Kier alpha value is -2.90. The Morgan fingerprint density at radius 3 is 2.77 bits per heavy atom. The van der Waals surface area contributed by atoms with Crippen LogP contribution in [0.2, 0.25) is 0 Å². The van der Waals surface area contributed by atoms with E-state index in [-0.39, 0.29) is 11.7 Å². The van der Waals surface area contributed by atoms with Crippen molar-refractivity contribution in [2.75, 3.05) is 17.7 Å². The average Bonchev–Trinajstić information content (AvgIpc) is 3.14. The number of hydrogen-bond acceptors (Lipinski definition) is 5. The van der Waals surface area contributed by atoms with Crippen molar-refractivity contribution < 1.29 is 13.9 Å². The van der Waals surface area contributed by atoms with Gasteiger partial charge in [0, 0.05) is 17.0 Å². The van der Waals surface area contributed by atoms with E-state index < -0.39 is 0 Å². The second-order valence-corrected chi connectivity index (χ2v) is 9.01. The van der Waals surface area contributed by atoms with Crippen LogP contribution in [-0.2, 0) is 0 Å². The number of benzene rings is 3. The molecule has 4 aromatic rings. The lowest BCUT2D eigenvalue weighted by atomic mass is 10.2. The number of halogens is 1. The van der Waals surface area contributed by atoms with Crippen LogP contribution < -0.4 is 10.1 Å². The number of ether oxygens (including phenoxy) is 1. The van der Waals surface area contributed by atoms with Crippen molar-refractivity contribution in [3.8, 4) is 5.75 Å². The van der Waals surface area contributed by atoms with E-state index in [1.54, 1.807) is 23.1 Å². The number of thiazole rings is 1. The first-order chi connectivity index (χ1) is 14.6. The van der Waals surface area contributed by atoms with Crippen molar-refractivity contribution in [2.24, 2.45) is 0 Å². The van der Waals surface area contributed by atoms with Gasteiger partial charge in [-0.25, -0.2) is 9.37 Å². The van der Waals surface area contributed by atoms with Crippen LogP contribution in [-0.4, -0.2) is 23.3 Å². The molecule has 0 aliphatic heterocycles. The highest BCUT2D eigenvalue weighted by Crippen LogP contribution is 2.31. The minimum atomic E-state index is -0.369. The third-order valence-electron chi connectivity index (χ3n) is 4.30. The molecule has 0 aliphatic rings. The van der Waals surface area contributed by atoms with Gasteiger partial charge in [0.15, 0.2) is 4.34 Å². The van der Waals surface area contributed by atoms with Gasteiger partial charge in [-0.1, -0.05) is 23.9 Å². The molecule has 1 heterocycles. The molecule has 3 aromatic carbocycles. The molecule has 0 saturated heterocycles. The minimum absolute atomic E-state index is 0.276. The lowest BCUT2D eigenvalue weighted by molar-refractivity contribution is 0.102. The average molecular weight is 439 g/mol. The molecule has 0 saturated carbocycles. The van der Waals surface area contributed by atoms with Gasteiger partial charge >= 0.3 is 0 Å². The quantitative estimate of drug-likeness (QED) is 0.277. The van der Waals surface area contributed by atoms with Gasteiger partial charge in [-0.05, 0) is 67.1 Å². The Kier molecular flexibility index (Phi) is 6.30. The zero-order valence-corrected chi connectivity index (χ0v) is 17.9. The van der Waals surface area contributed by atoms with Gasteiger partial charge in [0.2, 0.25) is 0 Å². The fraction of sp³-hybridized carbons (Fsp3) is 0.130. The molecule has 0 spiro atoms. The van der Waals surface area contributed by atoms with Crippen LogP contribution in [0.4, 0.5) is 10.1 Å². The number of anilines is 1. The van der Waals surface area contributed by atoms with Crippen molar-refractivity contribution in [1.82, 2.24) is 4.98 Å². The molecule has 152 valence electrons. The minimum Gasteiger partial charge on any atom is -0.493 e. The van der Waals surface area contributed by atoms with E-state index in [0.717, 1.165) is 26.1 Å². The number of aryl methyl sites for hydroxylation is 1. The van der Waals surface area contributed by atoms with E-state index in [4.69, 9.17) is 4.74 Å². The van der Waals surface area contributed by atoms with Crippen LogP contribution in [0.5, 0.6) is 5.75 Å². The highest BCUT2D eigenvalue weighted by Gasteiger charge is 2.09. The number of thioether (sulfide) groups is 1. The number of amides is 1. The summed E-state index contributed by atoms with van der Waals surface area (Å²) in [6.07, 6.45) is 0. The molecule has 4 nitrogen and oxygen atoms in total. The van der Waals surface area contributed by atoms with Crippen molar-refractivity contribution in [3.05, 3.63) is 83.7 Å². The van der Waals surface area contributed by atoms with Crippen LogP contribution in [0, 0.1) is 12.7 Å². The number of nitrogens with one attached hydrogen (secondary N) is 1. The number of carbonyl (C=O) groups excluding carboxylic acids is 1. The molecule has 0 bridgehead atoms. The van der Waals surface area contributed by atoms with Crippen LogP contribution in [0.25, 0.3) is 10.2 Å². The zero-order chi connectivity index (χ0) is 20.9. The summed E-state index contributed by atoms with van der Waals surface area (Å²) in [5, 5.41) is 2.84. The topological polar surface area (TPSA) is 51.2 Å². The van der Waals surface area contributed by atoms with E-state index in [0.29, 0.717) is 17.9 Å². The summed E-state index contributed by atoms with van der Waals surface area (Å²) in [7, 11) is 0. The maximum atomic E-state index is 13.0. The summed E-state index contributed by atoms with van der Waals surface area (Å²) < 4.78 is 20.8. The SMILES string of the molecule is Cc1cccc(OCCSc2nc3ccc(NC(=O)c4ccc(F)cc4)cc3s2)c1. The molecular weight excluding hydrogens is 419 g/mol. The molecule has 1 amide bonds. The maximum Gasteiger partial charge on any atom is 0.255 e. The normalized spacial score (nSPS) is 10.9. The Labute approximate surface area is 182 Å². The molecule has 30 heavy (non-hydrogen) atoms. The molecule has 1 N–H and O–H groups in total. The fourth-order valence-corrected chi connectivity index (χ4v) is 4.84. The van der Waals surface area contributed by atoms with Crippen molar-refractivity contribution in [2.45, 2.75) is 11.3 Å². The summed E-state index contributed by atoms with van der Waals surface area (Å²) in [5.41, 5.74) is 3.15. The van der Waals surface area contributed by atoms with Crippen LogP contribution in [0.15, 0.2) is 71.1 Å². The van der Waals surface area contributed by atoms with Gasteiger partial charge in [0.25, 0.3) is 5.91 Å². The number of carbonyl (C=O) groups is 1. The predicted octanol–water partition coefficient (Wildman–Crippen LogP) is 6.17. The Morgan fingerprint density at radius 1 is 1.13 bits per heavy atom. The molecular formula is C23H19FN2O2S2. The largest absolute Gasteiger partial charge is 0.493 e. The summed E-state index contributed by atoms with van der Waals surface area (Å²) >= 11 is 3.23. The summed E-state index contributed by atoms with van der Waals surface area (Å²) in [6.45, 7) is 2.64. The zero-order valence-electron chi connectivity index (χ0n) is 16.2. The third kappa shape index (κ3) is 5.17. The number of rotatable bonds is 7. The van der Waals surface area contributed by atoms with Gasteiger partial charge in [-0.3, -0.25) is 4.79 Å². The van der Waals surface area contributed by atoms with E-state index >= 15 is 0 Å². The first-order valence-electron chi connectivity index (χ1n) is 9.36. The highest BCUT2D eigenvalue weighted by atomic mass is 32.2. The number of fused-ring (bicyclic) bond motifs is 1. The lowest BCUT2D eigenvalue weighted by Gasteiger charge is -2.05. The van der Waals surface area contributed by atoms with Gasteiger partial charge < -0.3 is 10.1 Å². The van der Waals surface area contributed by atoms with Crippen LogP contribution in [0.1, 0.15) is 15.9 Å². The van der Waals surface area contributed by atoms with E-state index in [1.807, 2.05) is 49.4 Å². The first-order valence-corrected chi connectivity index (χ1v) is 11.2. The summed E-state index contributed by atoms with van der Waals surface area (Å²) in [5.74, 6) is 1.03. The molecule has 0 fully saturated rings. The lowest BCUT2D eigenvalue weighted by Crippen LogP contribution is -2.11. The number of nitrogens with zero attached hydrogens (tertiary/aromatic N) is 1.